The van der Waals surface area contributed by atoms with Gasteiger partial charge in [-0.1, -0.05) is 6.07 Å². The van der Waals surface area contributed by atoms with E-state index in [2.05, 4.69) is 4.98 Å². The maximum absolute atomic E-state index is 10.7. The Morgan fingerprint density at radius 3 is 2.80 bits per heavy atom. The van der Waals surface area contributed by atoms with Crippen molar-refractivity contribution >= 4 is 5.69 Å². The van der Waals surface area contributed by atoms with Crippen molar-refractivity contribution < 1.29 is 14.8 Å². The lowest BCUT2D eigenvalue weighted by atomic mass is 10.2. The Kier molecular flexibility index (Phi) is 4.27. The van der Waals surface area contributed by atoms with E-state index in [9.17, 15) is 15.2 Å². The third-order valence-electron chi connectivity index (χ3n) is 2.75. The predicted molar refractivity (Wildman–Crippen MR) is 72.3 cm³/mol. The monoisotopic (exact) mass is 274 g/mol. The van der Waals surface area contributed by atoms with Crippen LogP contribution in [-0.4, -0.2) is 15.0 Å². The minimum atomic E-state index is -0.509. The molecule has 0 saturated heterocycles. The van der Waals surface area contributed by atoms with Gasteiger partial charge in [0.05, 0.1) is 17.2 Å². The molecule has 0 bridgehead atoms. The van der Waals surface area contributed by atoms with Crippen molar-refractivity contribution in [3.63, 3.8) is 0 Å². The lowest BCUT2D eigenvalue weighted by Crippen LogP contribution is -2.02. The van der Waals surface area contributed by atoms with Crippen molar-refractivity contribution in [2.24, 2.45) is 0 Å². The lowest BCUT2D eigenvalue weighted by molar-refractivity contribution is -0.385. The van der Waals surface area contributed by atoms with Crippen LogP contribution in [0.15, 0.2) is 36.4 Å². The summed E-state index contributed by atoms with van der Waals surface area (Å²) in [5, 5.41) is 19.9. The predicted octanol–water partition coefficient (Wildman–Crippen LogP) is 2.37. The van der Waals surface area contributed by atoms with Crippen molar-refractivity contribution in [2.75, 3.05) is 0 Å². The molecular weight excluding hydrogens is 260 g/mol. The van der Waals surface area contributed by atoms with Gasteiger partial charge in [-0.15, -0.1) is 0 Å². The first kappa shape index (κ1) is 14.0. The highest BCUT2D eigenvalue weighted by Gasteiger charge is 2.11. The summed E-state index contributed by atoms with van der Waals surface area (Å²) < 4.78 is 5.56. The number of hydrogen-bond donors (Lipinski definition) is 1. The van der Waals surface area contributed by atoms with Gasteiger partial charge in [-0.25, -0.2) is 0 Å². The number of nitro benzene ring substituents is 1. The number of nitro groups is 1. The molecule has 1 N–H and O–H groups in total. The minimum absolute atomic E-state index is 0.0740. The average Bonchev–Trinajstić information content (AvgIpc) is 2.45. The van der Waals surface area contributed by atoms with E-state index in [-0.39, 0.29) is 18.9 Å². The second-order valence-electron chi connectivity index (χ2n) is 4.27. The topological polar surface area (TPSA) is 85.5 Å². The number of non-ortho nitro benzene ring substituents is 1. The fraction of sp³-hybridized carbons (Fsp3) is 0.214. The van der Waals surface area contributed by atoms with Crippen molar-refractivity contribution in [3.8, 4) is 5.75 Å². The van der Waals surface area contributed by atoms with Gasteiger partial charge in [0.1, 0.15) is 12.4 Å². The van der Waals surface area contributed by atoms with Crippen molar-refractivity contribution in [1.29, 1.82) is 0 Å². The second-order valence-corrected chi connectivity index (χ2v) is 4.27. The number of aliphatic hydroxyl groups is 1. The number of benzene rings is 1. The summed E-state index contributed by atoms with van der Waals surface area (Å²) >= 11 is 0. The number of aryl methyl sites for hydroxylation is 1. The Hall–Kier alpha value is -2.47. The van der Waals surface area contributed by atoms with Crippen LogP contribution in [0, 0.1) is 17.0 Å². The summed E-state index contributed by atoms with van der Waals surface area (Å²) in [6.45, 7) is 1.80. The fourth-order valence-corrected chi connectivity index (χ4v) is 1.78. The third-order valence-corrected chi connectivity index (χ3v) is 2.75. The van der Waals surface area contributed by atoms with Gasteiger partial charge in [0.25, 0.3) is 5.69 Å². The SMILES string of the molecule is Cc1cccc(COc2ccc([N+](=O)[O-])cc2CO)n1. The Balaban J connectivity index is 2.15. The Bertz CT molecular complexity index is 628. The molecule has 6 heteroatoms. The van der Waals surface area contributed by atoms with Crippen LogP contribution in [0.25, 0.3) is 0 Å². The molecule has 6 nitrogen and oxygen atoms in total. The molecule has 0 amide bonds. The summed E-state index contributed by atoms with van der Waals surface area (Å²) in [5.41, 5.74) is 1.95. The highest BCUT2D eigenvalue weighted by Crippen LogP contribution is 2.24. The Morgan fingerprint density at radius 2 is 2.15 bits per heavy atom. The summed E-state index contributed by atoms with van der Waals surface area (Å²) in [6.07, 6.45) is 0. The molecule has 1 aromatic carbocycles. The number of aromatic nitrogens is 1. The van der Waals surface area contributed by atoms with Gasteiger partial charge in [0.15, 0.2) is 0 Å². The van der Waals surface area contributed by atoms with Crippen LogP contribution in [0.3, 0.4) is 0 Å². The molecule has 0 atom stereocenters. The molecular formula is C14H14N2O4. The first-order valence-electron chi connectivity index (χ1n) is 6.03. The summed E-state index contributed by atoms with van der Waals surface area (Å²) in [4.78, 5) is 14.5. The molecule has 2 rings (SSSR count). The van der Waals surface area contributed by atoms with Crippen molar-refractivity contribution in [1.82, 2.24) is 4.98 Å². The van der Waals surface area contributed by atoms with E-state index in [1.807, 2.05) is 25.1 Å². The van der Waals surface area contributed by atoms with Crippen LogP contribution in [0.2, 0.25) is 0 Å². The first-order chi connectivity index (χ1) is 9.60. The van der Waals surface area contributed by atoms with Gasteiger partial charge < -0.3 is 9.84 Å². The molecule has 0 spiro atoms. The molecule has 0 aliphatic rings. The van der Waals surface area contributed by atoms with E-state index in [4.69, 9.17) is 4.74 Å². The molecule has 104 valence electrons. The van der Waals surface area contributed by atoms with Crippen LogP contribution in [0.1, 0.15) is 17.0 Å². The van der Waals surface area contributed by atoms with Gasteiger partial charge in [0, 0.05) is 23.4 Å². The van der Waals surface area contributed by atoms with E-state index in [0.29, 0.717) is 11.3 Å². The number of hydrogen-bond acceptors (Lipinski definition) is 5. The van der Waals surface area contributed by atoms with Crippen LogP contribution in [-0.2, 0) is 13.2 Å². The summed E-state index contributed by atoms with van der Waals surface area (Å²) in [7, 11) is 0. The minimum Gasteiger partial charge on any atom is -0.487 e. The quantitative estimate of drug-likeness (QED) is 0.668. The maximum atomic E-state index is 10.7. The van der Waals surface area contributed by atoms with Gasteiger partial charge in [-0.05, 0) is 25.1 Å². The fourth-order valence-electron chi connectivity index (χ4n) is 1.78. The van der Waals surface area contributed by atoms with Crippen LogP contribution in [0.4, 0.5) is 5.69 Å². The van der Waals surface area contributed by atoms with E-state index < -0.39 is 4.92 Å². The molecule has 0 radical (unpaired) electrons. The summed E-state index contributed by atoms with van der Waals surface area (Å²) in [5.74, 6) is 0.418. The summed E-state index contributed by atoms with van der Waals surface area (Å²) in [6, 6.07) is 9.73. The lowest BCUT2D eigenvalue weighted by Gasteiger charge is -2.10. The van der Waals surface area contributed by atoms with Crippen LogP contribution >= 0.6 is 0 Å². The van der Waals surface area contributed by atoms with Crippen LogP contribution in [0.5, 0.6) is 5.75 Å². The third kappa shape index (κ3) is 3.30. The van der Waals surface area contributed by atoms with E-state index in [1.165, 1.54) is 18.2 Å². The molecule has 0 aliphatic heterocycles. The number of nitrogens with zero attached hydrogens (tertiary/aromatic N) is 2. The zero-order valence-electron chi connectivity index (χ0n) is 10.9. The largest absolute Gasteiger partial charge is 0.487 e. The first-order valence-corrected chi connectivity index (χ1v) is 6.03. The molecule has 0 saturated carbocycles. The number of ether oxygens (including phenoxy) is 1. The van der Waals surface area contributed by atoms with Gasteiger partial charge in [0.2, 0.25) is 0 Å². The standard InChI is InChI=1S/C14H14N2O4/c1-10-3-2-4-12(15-10)9-20-14-6-5-13(16(18)19)7-11(14)8-17/h2-7,17H,8-9H2,1H3. The van der Waals surface area contributed by atoms with Gasteiger partial charge in [-0.3, -0.25) is 15.1 Å². The maximum Gasteiger partial charge on any atom is 0.270 e. The van der Waals surface area contributed by atoms with Gasteiger partial charge >= 0.3 is 0 Å². The Labute approximate surface area is 115 Å². The zero-order chi connectivity index (χ0) is 14.5. The normalized spacial score (nSPS) is 10.3. The molecule has 0 aliphatic carbocycles. The molecule has 0 fully saturated rings. The highest BCUT2D eigenvalue weighted by atomic mass is 16.6. The average molecular weight is 274 g/mol. The smallest absolute Gasteiger partial charge is 0.270 e. The zero-order valence-corrected chi connectivity index (χ0v) is 10.9. The molecule has 0 unspecified atom stereocenters. The number of aliphatic hydroxyl groups excluding tert-OH is 1. The van der Waals surface area contributed by atoms with E-state index in [1.54, 1.807) is 0 Å². The molecule has 1 aromatic heterocycles. The number of rotatable bonds is 5. The Morgan fingerprint density at radius 1 is 1.35 bits per heavy atom. The van der Waals surface area contributed by atoms with Crippen molar-refractivity contribution in [2.45, 2.75) is 20.1 Å². The van der Waals surface area contributed by atoms with E-state index >= 15 is 0 Å². The van der Waals surface area contributed by atoms with E-state index in [0.717, 1.165) is 11.4 Å². The highest BCUT2D eigenvalue weighted by molar-refractivity contribution is 5.43. The second kappa shape index (κ2) is 6.12. The molecule has 2 aromatic rings. The van der Waals surface area contributed by atoms with Crippen LogP contribution < -0.4 is 4.74 Å². The van der Waals surface area contributed by atoms with Crippen molar-refractivity contribution in [3.05, 3.63) is 63.5 Å². The molecule has 20 heavy (non-hydrogen) atoms. The number of pyridine rings is 1. The van der Waals surface area contributed by atoms with Gasteiger partial charge in [-0.2, -0.15) is 0 Å². The molecule has 1 heterocycles.